The molecular weight excluding hydrogens is 314 g/mol. The summed E-state index contributed by atoms with van der Waals surface area (Å²) in [7, 11) is 3.35. The maximum absolute atomic E-state index is 5.55. The van der Waals surface area contributed by atoms with E-state index in [0.29, 0.717) is 12.0 Å². The molecule has 5 nitrogen and oxygen atoms in total. The molecule has 0 N–H and O–H groups in total. The van der Waals surface area contributed by atoms with Crippen molar-refractivity contribution in [3.8, 4) is 11.5 Å². The normalized spacial score (nSPS) is 21.8. The summed E-state index contributed by atoms with van der Waals surface area (Å²) in [5, 5.41) is 0. The fourth-order valence-electron chi connectivity index (χ4n) is 3.99. The molecule has 2 aromatic rings. The second-order valence-corrected chi connectivity index (χ2v) is 6.77. The van der Waals surface area contributed by atoms with Crippen molar-refractivity contribution < 1.29 is 9.47 Å². The molecule has 4 rings (SSSR count). The summed E-state index contributed by atoms with van der Waals surface area (Å²) in [4.78, 5) is 14.1. The molecule has 0 saturated heterocycles. The molecule has 1 aliphatic heterocycles. The highest BCUT2D eigenvalue weighted by molar-refractivity contribution is 6.13. The SMILES string of the molecule is COc1cc2c(cc1OC)[C@H]1CCCC[C@H]1N=C2c1cnc(C)cn1. The maximum Gasteiger partial charge on any atom is 0.161 e. The van der Waals surface area contributed by atoms with Crippen LogP contribution in [-0.4, -0.2) is 35.9 Å². The Bertz CT molecular complexity index is 814. The van der Waals surface area contributed by atoms with Crippen LogP contribution in [0.5, 0.6) is 11.5 Å². The lowest BCUT2D eigenvalue weighted by Gasteiger charge is -2.35. The molecule has 25 heavy (non-hydrogen) atoms. The first-order valence-electron chi connectivity index (χ1n) is 8.84. The highest BCUT2D eigenvalue weighted by Crippen LogP contribution is 2.44. The second-order valence-electron chi connectivity index (χ2n) is 6.77. The predicted molar refractivity (Wildman–Crippen MR) is 97.0 cm³/mol. The van der Waals surface area contributed by atoms with Crippen molar-refractivity contribution in [2.75, 3.05) is 14.2 Å². The van der Waals surface area contributed by atoms with E-state index in [1.165, 1.54) is 24.8 Å². The number of aromatic nitrogens is 2. The van der Waals surface area contributed by atoms with Crippen molar-refractivity contribution >= 4 is 5.71 Å². The molecule has 2 aliphatic rings. The molecule has 1 fully saturated rings. The zero-order valence-corrected chi connectivity index (χ0v) is 15.0. The molecule has 1 aliphatic carbocycles. The Hall–Kier alpha value is -2.43. The van der Waals surface area contributed by atoms with Crippen molar-refractivity contribution in [2.45, 2.75) is 44.6 Å². The van der Waals surface area contributed by atoms with Crippen molar-refractivity contribution in [1.82, 2.24) is 9.97 Å². The monoisotopic (exact) mass is 337 g/mol. The molecule has 0 amide bonds. The lowest BCUT2D eigenvalue weighted by atomic mass is 9.75. The standard InChI is InChI=1S/C20H23N3O2/c1-12-10-22-17(11-21-12)20-15-9-19(25-3)18(24-2)8-14(15)13-6-4-5-7-16(13)23-20/h8-11,13,16H,4-7H2,1-3H3/t13-,16-/m1/s1. The lowest BCUT2D eigenvalue weighted by Crippen LogP contribution is -2.30. The number of rotatable bonds is 3. The first-order chi connectivity index (χ1) is 12.2. The van der Waals surface area contributed by atoms with E-state index in [-0.39, 0.29) is 0 Å². The Balaban J connectivity index is 1.90. The van der Waals surface area contributed by atoms with Gasteiger partial charge >= 0.3 is 0 Å². The Kier molecular flexibility index (Phi) is 4.15. The number of fused-ring (bicyclic) bond motifs is 3. The van der Waals surface area contributed by atoms with Gasteiger partial charge in [-0.1, -0.05) is 12.8 Å². The first kappa shape index (κ1) is 16.1. The van der Waals surface area contributed by atoms with Crippen LogP contribution in [0.1, 0.15) is 54.1 Å². The zero-order valence-electron chi connectivity index (χ0n) is 15.0. The summed E-state index contributed by atoms with van der Waals surface area (Å²) in [5.41, 5.74) is 5.05. The predicted octanol–water partition coefficient (Wildman–Crippen LogP) is 3.68. The number of benzene rings is 1. The summed E-state index contributed by atoms with van der Waals surface area (Å²) >= 11 is 0. The summed E-state index contributed by atoms with van der Waals surface area (Å²) < 4.78 is 11.1. The number of aliphatic imine (C=N–C) groups is 1. The van der Waals surface area contributed by atoms with Gasteiger partial charge in [-0.05, 0) is 37.5 Å². The lowest BCUT2D eigenvalue weighted by molar-refractivity contribution is 0.349. The van der Waals surface area contributed by atoms with Gasteiger partial charge in [0.25, 0.3) is 0 Å². The van der Waals surface area contributed by atoms with Crippen LogP contribution in [0.3, 0.4) is 0 Å². The van der Waals surface area contributed by atoms with Crippen molar-refractivity contribution in [2.24, 2.45) is 4.99 Å². The van der Waals surface area contributed by atoms with E-state index < -0.39 is 0 Å². The summed E-state index contributed by atoms with van der Waals surface area (Å²) in [6, 6.07) is 4.49. The fraction of sp³-hybridized carbons (Fsp3) is 0.450. The molecule has 2 atom stereocenters. The summed E-state index contributed by atoms with van der Waals surface area (Å²) in [6.45, 7) is 1.94. The molecule has 2 heterocycles. The van der Waals surface area contributed by atoms with Crippen LogP contribution in [0.25, 0.3) is 0 Å². The minimum atomic E-state index is 0.317. The van der Waals surface area contributed by atoms with Gasteiger partial charge < -0.3 is 9.47 Å². The third kappa shape index (κ3) is 2.77. The molecule has 1 saturated carbocycles. The fourth-order valence-corrected chi connectivity index (χ4v) is 3.99. The Morgan fingerprint density at radius 3 is 2.44 bits per heavy atom. The van der Waals surface area contributed by atoms with Crippen molar-refractivity contribution in [1.29, 1.82) is 0 Å². The van der Waals surface area contributed by atoms with Crippen LogP contribution in [-0.2, 0) is 0 Å². The van der Waals surface area contributed by atoms with Crippen molar-refractivity contribution in [3.05, 3.63) is 47.0 Å². The summed E-state index contributed by atoms with van der Waals surface area (Å²) in [6.07, 6.45) is 8.40. The zero-order chi connectivity index (χ0) is 17.4. The number of hydrogen-bond donors (Lipinski definition) is 0. The molecule has 0 unspecified atom stereocenters. The largest absolute Gasteiger partial charge is 0.493 e. The van der Waals surface area contributed by atoms with Gasteiger partial charge in [0.15, 0.2) is 11.5 Å². The number of ether oxygens (including phenoxy) is 2. The number of nitrogens with zero attached hydrogens (tertiary/aromatic N) is 3. The highest BCUT2D eigenvalue weighted by atomic mass is 16.5. The van der Waals surface area contributed by atoms with Gasteiger partial charge in [-0.15, -0.1) is 0 Å². The van der Waals surface area contributed by atoms with E-state index in [1.54, 1.807) is 20.4 Å². The smallest absolute Gasteiger partial charge is 0.161 e. The minimum Gasteiger partial charge on any atom is -0.493 e. The topological polar surface area (TPSA) is 56.6 Å². The number of methoxy groups -OCH3 is 2. The molecule has 1 aromatic heterocycles. The average molecular weight is 337 g/mol. The Morgan fingerprint density at radius 2 is 1.72 bits per heavy atom. The third-order valence-corrected chi connectivity index (χ3v) is 5.26. The van der Waals surface area contributed by atoms with Gasteiger partial charge in [0.05, 0.1) is 37.9 Å². The Morgan fingerprint density at radius 1 is 0.960 bits per heavy atom. The van der Waals surface area contributed by atoms with E-state index in [4.69, 9.17) is 14.5 Å². The quantitative estimate of drug-likeness (QED) is 0.857. The van der Waals surface area contributed by atoms with Crippen LogP contribution in [0.4, 0.5) is 0 Å². The van der Waals surface area contributed by atoms with Gasteiger partial charge in [0.2, 0.25) is 0 Å². The van der Waals surface area contributed by atoms with E-state index in [0.717, 1.165) is 40.6 Å². The van der Waals surface area contributed by atoms with Gasteiger partial charge in [0.1, 0.15) is 5.69 Å². The van der Waals surface area contributed by atoms with Gasteiger partial charge in [0, 0.05) is 17.7 Å². The van der Waals surface area contributed by atoms with E-state index in [1.807, 2.05) is 19.2 Å². The number of hydrogen-bond acceptors (Lipinski definition) is 5. The summed E-state index contributed by atoms with van der Waals surface area (Å²) in [5.74, 6) is 1.95. The minimum absolute atomic E-state index is 0.317. The van der Waals surface area contributed by atoms with E-state index in [9.17, 15) is 0 Å². The maximum atomic E-state index is 5.55. The first-order valence-corrected chi connectivity index (χ1v) is 8.84. The van der Waals surface area contributed by atoms with Crippen LogP contribution in [0.2, 0.25) is 0 Å². The average Bonchev–Trinajstić information content (AvgIpc) is 2.67. The van der Waals surface area contributed by atoms with E-state index >= 15 is 0 Å². The van der Waals surface area contributed by atoms with E-state index in [2.05, 4.69) is 16.0 Å². The molecule has 0 spiro atoms. The number of aryl methyl sites for hydroxylation is 1. The molecular formula is C20H23N3O2. The molecule has 0 bridgehead atoms. The molecule has 0 radical (unpaired) electrons. The Labute approximate surface area is 148 Å². The van der Waals surface area contributed by atoms with Crippen LogP contribution >= 0.6 is 0 Å². The third-order valence-electron chi connectivity index (χ3n) is 5.26. The van der Waals surface area contributed by atoms with Gasteiger partial charge in [-0.2, -0.15) is 0 Å². The van der Waals surface area contributed by atoms with Gasteiger partial charge in [-0.25, -0.2) is 0 Å². The van der Waals surface area contributed by atoms with Crippen LogP contribution < -0.4 is 9.47 Å². The second kappa shape index (κ2) is 6.47. The van der Waals surface area contributed by atoms with Gasteiger partial charge in [-0.3, -0.25) is 15.0 Å². The molecule has 5 heteroatoms. The van der Waals surface area contributed by atoms with Crippen LogP contribution in [0, 0.1) is 6.92 Å². The highest BCUT2D eigenvalue weighted by Gasteiger charge is 2.35. The van der Waals surface area contributed by atoms with Crippen molar-refractivity contribution in [3.63, 3.8) is 0 Å². The molecule has 130 valence electrons. The van der Waals surface area contributed by atoms with Crippen LogP contribution in [0.15, 0.2) is 29.5 Å². The molecule has 1 aromatic carbocycles.